The third-order valence-electron chi connectivity index (χ3n) is 3.80. The van der Waals surface area contributed by atoms with Gasteiger partial charge in [-0.15, -0.1) is 0 Å². The lowest BCUT2D eigenvalue weighted by molar-refractivity contribution is 0.0962. The summed E-state index contributed by atoms with van der Waals surface area (Å²) in [7, 11) is 0. The van der Waals surface area contributed by atoms with E-state index in [1.807, 2.05) is 0 Å². The number of carbonyl (C=O) groups is 1. The van der Waals surface area contributed by atoms with Crippen molar-refractivity contribution in [1.29, 1.82) is 0 Å². The fourth-order valence-electron chi connectivity index (χ4n) is 2.54. The molecule has 1 aromatic rings. The Morgan fingerprint density at radius 3 is 2.68 bits per heavy atom. The monoisotopic (exact) mass is 267 g/mol. The zero-order valence-electron chi connectivity index (χ0n) is 11.1. The van der Waals surface area contributed by atoms with Crippen LogP contribution in [-0.2, 0) is 0 Å². The lowest BCUT2D eigenvalue weighted by atomic mass is 9.91. The van der Waals surface area contributed by atoms with Crippen LogP contribution in [0.25, 0.3) is 0 Å². The van der Waals surface area contributed by atoms with E-state index < -0.39 is 17.4 Å². The summed E-state index contributed by atoms with van der Waals surface area (Å²) in [5.74, 6) is -1.40. The number of nitrogens with one attached hydrogen (secondary N) is 1. The number of halogens is 2. The van der Waals surface area contributed by atoms with E-state index in [2.05, 4.69) is 5.32 Å². The fourth-order valence-corrected chi connectivity index (χ4v) is 2.54. The van der Waals surface area contributed by atoms with Gasteiger partial charge in [0.1, 0.15) is 11.6 Å². The SMILES string of the molecule is Cc1ccc(F)c(C(=O)CCC2CCNCC2)c1F. The molecule has 0 atom stereocenters. The van der Waals surface area contributed by atoms with Gasteiger partial charge < -0.3 is 5.32 Å². The highest BCUT2D eigenvalue weighted by atomic mass is 19.1. The second kappa shape index (κ2) is 6.24. The molecule has 1 heterocycles. The van der Waals surface area contributed by atoms with Crippen LogP contribution in [0, 0.1) is 24.5 Å². The van der Waals surface area contributed by atoms with Crippen LogP contribution in [0.1, 0.15) is 41.6 Å². The molecule has 0 unspecified atom stereocenters. The number of aryl methyl sites for hydroxylation is 1. The summed E-state index contributed by atoms with van der Waals surface area (Å²) < 4.78 is 27.4. The van der Waals surface area contributed by atoms with Crippen LogP contribution in [0.4, 0.5) is 8.78 Å². The maximum absolute atomic E-state index is 13.8. The first kappa shape index (κ1) is 14.1. The lowest BCUT2D eigenvalue weighted by Gasteiger charge is -2.22. The van der Waals surface area contributed by atoms with Crippen LogP contribution in [0.5, 0.6) is 0 Å². The van der Waals surface area contributed by atoms with E-state index in [4.69, 9.17) is 0 Å². The first-order valence-corrected chi connectivity index (χ1v) is 6.78. The predicted octanol–water partition coefficient (Wildman–Crippen LogP) is 3.24. The molecular formula is C15H19F2NO. The molecule has 0 aromatic heterocycles. The summed E-state index contributed by atoms with van der Waals surface area (Å²) in [4.78, 5) is 12.0. The van der Waals surface area contributed by atoms with Gasteiger partial charge in [-0.05, 0) is 56.8 Å². The van der Waals surface area contributed by atoms with Crippen LogP contribution < -0.4 is 5.32 Å². The third-order valence-corrected chi connectivity index (χ3v) is 3.80. The molecule has 0 amide bonds. The van der Waals surface area contributed by atoms with Crippen molar-refractivity contribution in [1.82, 2.24) is 5.32 Å². The highest BCUT2D eigenvalue weighted by molar-refractivity contribution is 5.96. The van der Waals surface area contributed by atoms with Crippen molar-refractivity contribution in [3.05, 3.63) is 34.9 Å². The standard InChI is InChI=1S/C15H19F2NO/c1-10-2-4-12(16)14(15(10)17)13(19)5-3-11-6-8-18-9-7-11/h2,4,11,18H,3,5-9H2,1H3. The molecule has 0 aliphatic carbocycles. The highest BCUT2D eigenvalue weighted by Gasteiger charge is 2.21. The summed E-state index contributed by atoms with van der Waals surface area (Å²) in [6.07, 6.45) is 3.01. The highest BCUT2D eigenvalue weighted by Crippen LogP contribution is 2.22. The van der Waals surface area contributed by atoms with E-state index in [0.717, 1.165) is 32.0 Å². The fraction of sp³-hybridized carbons (Fsp3) is 0.533. The largest absolute Gasteiger partial charge is 0.317 e. The summed E-state index contributed by atoms with van der Waals surface area (Å²) in [6.45, 7) is 3.47. The van der Waals surface area contributed by atoms with Crippen molar-refractivity contribution in [2.45, 2.75) is 32.6 Å². The minimum Gasteiger partial charge on any atom is -0.317 e. The van der Waals surface area contributed by atoms with Crippen LogP contribution in [0.3, 0.4) is 0 Å². The van der Waals surface area contributed by atoms with Crippen LogP contribution in [0.2, 0.25) is 0 Å². The Kier molecular flexibility index (Phi) is 4.64. The average Bonchev–Trinajstić information content (AvgIpc) is 2.42. The number of Topliss-reactive ketones (excluding diaryl/α,β-unsaturated/α-hetero) is 1. The van der Waals surface area contributed by atoms with Crippen LogP contribution >= 0.6 is 0 Å². The molecule has 1 aliphatic rings. The Hall–Kier alpha value is -1.29. The molecule has 1 aliphatic heterocycles. The number of hydrogen-bond donors (Lipinski definition) is 1. The van der Waals surface area contributed by atoms with E-state index in [1.54, 1.807) is 6.92 Å². The summed E-state index contributed by atoms with van der Waals surface area (Å²) in [5, 5.41) is 3.25. The van der Waals surface area contributed by atoms with E-state index in [1.165, 1.54) is 6.07 Å². The Bertz CT molecular complexity index is 467. The molecular weight excluding hydrogens is 248 g/mol. The first-order chi connectivity index (χ1) is 9.09. The van der Waals surface area contributed by atoms with Crippen molar-refractivity contribution in [2.75, 3.05) is 13.1 Å². The molecule has 0 radical (unpaired) electrons. The molecule has 0 bridgehead atoms. The molecule has 104 valence electrons. The minimum atomic E-state index is -0.751. The van der Waals surface area contributed by atoms with Crippen LogP contribution in [-0.4, -0.2) is 18.9 Å². The van der Waals surface area contributed by atoms with Gasteiger partial charge in [-0.25, -0.2) is 8.78 Å². The Morgan fingerprint density at radius 2 is 2.00 bits per heavy atom. The van der Waals surface area contributed by atoms with Crippen molar-refractivity contribution in [2.24, 2.45) is 5.92 Å². The second-order valence-corrected chi connectivity index (χ2v) is 5.21. The van der Waals surface area contributed by atoms with Crippen molar-refractivity contribution in [3.8, 4) is 0 Å². The molecule has 1 saturated heterocycles. The molecule has 19 heavy (non-hydrogen) atoms. The van der Waals surface area contributed by atoms with Gasteiger partial charge in [0.15, 0.2) is 5.78 Å². The summed E-state index contributed by atoms with van der Waals surface area (Å²) in [5.41, 5.74) is -0.0550. The first-order valence-electron chi connectivity index (χ1n) is 6.78. The molecule has 4 heteroatoms. The van der Waals surface area contributed by atoms with Gasteiger partial charge in [0.25, 0.3) is 0 Å². The van der Waals surface area contributed by atoms with E-state index in [-0.39, 0.29) is 12.0 Å². The third kappa shape index (κ3) is 3.38. The van der Waals surface area contributed by atoms with E-state index in [9.17, 15) is 13.6 Å². The van der Waals surface area contributed by atoms with Gasteiger partial charge in [-0.2, -0.15) is 0 Å². The van der Waals surface area contributed by atoms with Gasteiger partial charge in [-0.1, -0.05) is 6.07 Å². The Morgan fingerprint density at radius 1 is 1.32 bits per heavy atom. The number of carbonyl (C=O) groups excluding carboxylic acids is 1. The maximum Gasteiger partial charge on any atom is 0.168 e. The Balaban J connectivity index is 2.01. The van der Waals surface area contributed by atoms with Gasteiger partial charge in [-0.3, -0.25) is 4.79 Å². The van der Waals surface area contributed by atoms with Crippen LogP contribution in [0.15, 0.2) is 12.1 Å². The van der Waals surface area contributed by atoms with E-state index in [0.29, 0.717) is 17.9 Å². The molecule has 0 saturated carbocycles. The van der Waals surface area contributed by atoms with Gasteiger partial charge >= 0.3 is 0 Å². The zero-order valence-corrected chi connectivity index (χ0v) is 11.1. The number of hydrogen-bond acceptors (Lipinski definition) is 2. The molecule has 0 spiro atoms. The minimum absolute atomic E-state index is 0.224. The smallest absolute Gasteiger partial charge is 0.168 e. The number of rotatable bonds is 4. The molecule has 2 nitrogen and oxygen atoms in total. The van der Waals surface area contributed by atoms with Gasteiger partial charge in [0.2, 0.25) is 0 Å². The summed E-state index contributed by atoms with van der Waals surface area (Å²) >= 11 is 0. The quantitative estimate of drug-likeness (QED) is 0.849. The lowest BCUT2D eigenvalue weighted by Crippen LogP contribution is -2.28. The van der Waals surface area contributed by atoms with Gasteiger partial charge in [0, 0.05) is 6.42 Å². The maximum atomic E-state index is 13.8. The molecule has 2 rings (SSSR count). The van der Waals surface area contributed by atoms with Crippen molar-refractivity contribution in [3.63, 3.8) is 0 Å². The predicted molar refractivity (Wildman–Crippen MR) is 70.3 cm³/mol. The van der Waals surface area contributed by atoms with E-state index >= 15 is 0 Å². The second-order valence-electron chi connectivity index (χ2n) is 5.21. The Labute approximate surface area is 112 Å². The summed E-state index contributed by atoms with van der Waals surface area (Å²) in [6, 6.07) is 2.52. The average molecular weight is 267 g/mol. The number of benzene rings is 1. The normalized spacial score (nSPS) is 16.6. The van der Waals surface area contributed by atoms with Crippen molar-refractivity contribution >= 4 is 5.78 Å². The van der Waals surface area contributed by atoms with Gasteiger partial charge in [0.05, 0.1) is 5.56 Å². The molecule has 1 N–H and O–H groups in total. The molecule has 1 fully saturated rings. The number of ketones is 1. The number of piperidine rings is 1. The van der Waals surface area contributed by atoms with Crippen molar-refractivity contribution < 1.29 is 13.6 Å². The topological polar surface area (TPSA) is 29.1 Å². The molecule has 1 aromatic carbocycles. The zero-order chi connectivity index (χ0) is 13.8.